The molecule has 4 nitrogen and oxygen atoms in total. The molecule has 0 saturated carbocycles. The van der Waals surface area contributed by atoms with Gasteiger partial charge in [0.05, 0.1) is 0 Å². The summed E-state index contributed by atoms with van der Waals surface area (Å²) < 4.78 is 0. The molecule has 0 spiro atoms. The second kappa shape index (κ2) is 6.35. The standard InChI is InChI=1S/C19H14N4S3/c1-20-19-23-22-18(26-19)11-4-5-14-12(9-11)13(10-21-14)15-6-7-17(25-15)16-3-2-8-24-16/h2-10,21H,1H3,(H,20,23). The second-order valence-corrected chi connectivity index (χ2v) is 8.78. The molecule has 7 heteroatoms. The van der Waals surface area contributed by atoms with Crippen molar-refractivity contribution in [1.82, 2.24) is 15.2 Å². The van der Waals surface area contributed by atoms with Crippen molar-refractivity contribution >= 4 is 50.0 Å². The molecule has 0 radical (unpaired) electrons. The molecule has 128 valence electrons. The summed E-state index contributed by atoms with van der Waals surface area (Å²) in [5.41, 5.74) is 3.45. The predicted octanol–water partition coefficient (Wildman–Crippen LogP) is 6.19. The molecule has 0 aliphatic carbocycles. The molecule has 0 fully saturated rings. The van der Waals surface area contributed by atoms with E-state index >= 15 is 0 Å². The molecule has 0 atom stereocenters. The topological polar surface area (TPSA) is 53.6 Å². The maximum atomic E-state index is 4.29. The monoisotopic (exact) mass is 394 g/mol. The van der Waals surface area contributed by atoms with E-state index in [4.69, 9.17) is 0 Å². The molecular weight excluding hydrogens is 380 g/mol. The van der Waals surface area contributed by atoms with Crippen LogP contribution < -0.4 is 5.32 Å². The second-order valence-electron chi connectivity index (χ2n) is 5.77. The summed E-state index contributed by atoms with van der Waals surface area (Å²) >= 11 is 5.17. The van der Waals surface area contributed by atoms with E-state index in [2.05, 4.69) is 74.5 Å². The van der Waals surface area contributed by atoms with E-state index in [0.29, 0.717) is 0 Å². The van der Waals surface area contributed by atoms with Gasteiger partial charge in [0.1, 0.15) is 5.01 Å². The number of rotatable bonds is 4. The normalized spacial score (nSPS) is 11.3. The summed E-state index contributed by atoms with van der Waals surface area (Å²) in [7, 11) is 1.86. The average Bonchev–Trinajstić information content (AvgIpc) is 3.47. The average molecular weight is 395 g/mol. The molecule has 0 aliphatic heterocycles. The molecule has 2 N–H and O–H groups in total. The van der Waals surface area contributed by atoms with Crippen LogP contribution >= 0.6 is 34.0 Å². The number of nitrogens with zero attached hydrogens (tertiary/aromatic N) is 2. The largest absolute Gasteiger partial charge is 0.363 e. The Labute approximate surface area is 162 Å². The quantitative estimate of drug-likeness (QED) is 0.382. The fraction of sp³-hybridized carbons (Fsp3) is 0.0526. The van der Waals surface area contributed by atoms with E-state index < -0.39 is 0 Å². The van der Waals surface area contributed by atoms with Gasteiger partial charge in [0.15, 0.2) is 0 Å². The highest BCUT2D eigenvalue weighted by Gasteiger charge is 2.13. The van der Waals surface area contributed by atoms with E-state index in [0.717, 1.165) is 21.2 Å². The van der Waals surface area contributed by atoms with Gasteiger partial charge in [-0.1, -0.05) is 17.4 Å². The van der Waals surface area contributed by atoms with Gasteiger partial charge in [0.25, 0.3) is 0 Å². The highest BCUT2D eigenvalue weighted by atomic mass is 32.1. The summed E-state index contributed by atoms with van der Waals surface area (Å²) in [5, 5.41) is 16.6. The first-order valence-corrected chi connectivity index (χ1v) is 10.6. The summed E-state index contributed by atoms with van der Waals surface area (Å²) in [6, 6.07) is 15.1. The molecule has 5 aromatic rings. The van der Waals surface area contributed by atoms with Gasteiger partial charge in [0, 0.05) is 49.9 Å². The van der Waals surface area contributed by atoms with Crippen molar-refractivity contribution < 1.29 is 0 Å². The van der Waals surface area contributed by atoms with Crippen molar-refractivity contribution in [2.45, 2.75) is 0 Å². The lowest BCUT2D eigenvalue weighted by atomic mass is 10.1. The number of aromatic amines is 1. The van der Waals surface area contributed by atoms with Gasteiger partial charge < -0.3 is 10.3 Å². The van der Waals surface area contributed by atoms with Crippen molar-refractivity contribution in [2.24, 2.45) is 0 Å². The lowest BCUT2D eigenvalue weighted by Gasteiger charge is -1.99. The molecule has 4 aromatic heterocycles. The minimum atomic E-state index is 0.827. The molecular formula is C19H14N4S3. The van der Waals surface area contributed by atoms with Gasteiger partial charge in [-0.15, -0.1) is 32.9 Å². The molecule has 4 heterocycles. The first-order chi connectivity index (χ1) is 12.8. The fourth-order valence-electron chi connectivity index (χ4n) is 2.93. The Morgan fingerprint density at radius 3 is 2.69 bits per heavy atom. The molecule has 0 aliphatic rings. The van der Waals surface area contributed by atoms with Crippen molar-refractivity contribution in [1.29, 1.82) is 0 Å². The number of hydrogen-bond donors (Lipinski definition) is 2. The Hall–Kier alpha value is -2.48. The molecule has 0 bridgehead atoms. The zero-order chi connectivity index (χ0) is 17.5. The number of nitrogens with one attached hydrogen (secondary N) is 2. The number of benzene rings is 1. The Kier molecular flexibility index (Phi) is 3.85. The van der Waals surface area contributed by atoms with Gasteiger partial charge in [-0.3, -0.25) is 0 Å². The van der Waals surface area contributed by atoms with Crippen LogP contribution in [-0.2, 0) is 0 Å². The number of thiophene rings is 2. The van der Waals surface area contributed by atoms with Crippen LogP contribution in [0.25, 0.3) is 41.7 Å². The lowest BCUT2D eigenvalue weighted by molar-refractivity contribution is 1.09. The zero-order valence-electron chi connectivity index (χ0n) is 13.8. The number of H-pyrrole nitrogens is 1. The first-order valence-electron chi connectivity index (χ1n) is 8.08. The smallest absolute Gasteiger partial charge is 0.205 e. The molecule has 5 rings (SSSR count). The Morgan fingerprint density at radius 1 is 0.962 bits per heavy atom. The first kappa shape index (κ1) is 15.7. The van der Waals surface area contributed by atoms with Crippen LogP contribution in [-0.4, -0.2) is 22.2 Å². The lowest BCUT2D eigenvalue weighted by Crippen LogP contribution is -1.84. The van der Waals surface area contributed by atoms with Crippen LogP contribution in [0.4, 0.5) is 5.13 Å². The third-order valence-corrected chi connectivity index (χ3v) is 7.38. The van der Waals surface area contributed by atoms with Crippen LogP contribution in [0.2, 0.25) is 0 Å². The third kappa shape index (κ3) is 2.65. The number of anilines is 1. The van der Waals surface area contributed by atoms with Crippen molar-refractivity contribution in [3.63, 3.8) is 0 Å². The van der Waals surface area contributed by atoms with Crippen LogP contribution in [0.3, 0.4) is 0 Å². The third-order valence-electron chi connectivity index (χ3n) is 4.20. The molecule has 0 amide bonds. The van der Waals surface area contributed by atoms with E-state index in [1.807, 2.05) is 18.4 Å². The molecule has 1 aromatic carbocycles. The van der Waals surface area contributed by atoms with E-state index in [-0.39, 0.29) is 0 Å². The zero-order valence-corrected chi connectivity index (χ0v) is 16.3. The van der Waals surface area contributed by atoms with E-state index in [1.165, 1.54) is 25.6 Å². The summed E-state index contributed by atoms with van der Waals surface area (Å²) in [6.45, 7) is 0. The van der Waals surface area contributed by atoms with Crippen LogP contribution in [0.1, 0.15) is 0 Å². The predicted molar refractivity (Wildman–Crippen MR) is 113 cm³/mol. The van der Waals surface area contributed by atoms with Gasteiger partial charge in [-0.25, -0.2) is 0 Å². The maximum absolute atomic E-state index is 4.29. The Morgan fingerprint density at radius 2 is 1.88 bits per heavy atom. The number of aromatic nitrogens is 3. The maximum Gasteiger partial charge on any atom is 0.205 e. The van der Waals surface area contributed by atoms with E-state index in [1.54, 1.807) is 22.7 Å². The molecule has 26 heavy (non-hydrogen) atoms. The number of fused-ring (bicyclic) bond motifs is 1. The molecule has 0 unspecified atom stereocenters. The van der Waals surface area contributed by atoms with Crippen LogP contribution in [0.15, 0.2) is 54.0 Å². The van der Waals surface area contributed by atoms with Crippen molar-refractivity contribution in [3.05, 3.63) is 54.0 Å². The fourth-order valence-corrected chi connectivity index (χ4v) is 5.50. The summed E-state index contributed by atoms with van der Waals surface area (Å²) in [6.07, 6.45) is 2.09. The van der Waals surface area contributed by atoms with Gasteiger partial charge in [-0.2, -0.15) is 0 Å². The summed E-state index contributed by atoms with van der Waals surface area (Å²) in [5.74, 6) is 0. The van der Waals surface area contributed by atoms with Gasteiger partial charge in [-0.05, 0) is 41.8 Å². The summed E-state index contributed by atoms with van der Waals surface area (Å²) in [4.78, 5) is 7.28. The van der Waals surface area contributed by atoms with Crippen LogP contribution in [0.5, 0.6) is 0 Å². The Balaban J connectivity index is 1.59. The highest BCUT2D eigenvalue weighted by Crippen LogP contribution is 2.40. The Bertz CT molecular complexity index is 1180. The van der Waals surface area contributed by atoms with E-state index in [9.17, 15) is 0 Å². The minimum absolute atomic E-state index is 0.827. The van der Waals surface area contributed by atoms with Crippen LogP contribution in [0, 0.1) is 0 Å². The van der Waals surface area contributed by atoms with Crippen molar-refractivity contribution in [2.75, 3.05) is 12.4 Å². The van der Waals surface area contributed by atoms with Crippen molar-refractivity contribution in [3.8, 4) is 30.8 Å². The molecule has 0 saturated heterocycles. The SMILES string of the molecule is CNc1nnc(-c2ccc3[nH]cc(-c4ccc(-c5cccs5)s4)c3c2)s1. The van der Waals surface area contributed by atoms with Gasteiger partial charge in [0.2, 0.25) is 5.13 Å². The minimum Gasteiger partial charge on any atom is -0.363 e. The highest BCUT2D eigenvalue weighted by molar-refractivity contribution is 7.23. The number of hydrogen-bond acceptors (Lipinski definition) is 6. The van der Waals surface area contributed by atoms with Gasteiger partial charge >= 0.3 is 0 Å².